The molecule has 0 saturated carbocycles. The third-order valence-electron chi connectivity index (χ3n) is 3.35. The monoisotopic (exact) mass is 268 g/mol. The van der Waals surface area contributed by atoms with E-state index in [-0.39, 0.29) is 6.61 Å². The second-order valence-corrected chi connectivity index (χ2v) is 4.76. The van der Waals surface area contributed by atoms with Crippen LogP contribution in [0.15, 0.2) is 36.5 Å². The Morgan fingerprint density at radius 3 is 2.90 bits per heavy atom. The Morgan fingerprint density at radius 1 is 1.30 bits per heavy atom. The molecule has 5 nitrogen and oxygen atoms in total. The van der Waals surface area contributed by atoms with Crippen molar-refractivity contribution in [3.63, 3.8) is 0 Å². The number of para-hydroxylation sites is 1. The predicted octanol–water partition coefficient (Wildman–Crippen LogP) is 1.93. The van der Waals surface area contributed by atoms with E-state index in [0.29, 0.717) is 5.82 Å². The molecule has 102 valence electrons. The number of hydrogen-bond donors (Lipinski definition) is 3. The molecule has 0 spiro atoms. The number of fused-ring (bicyclic) bond motifs is 1. The average Bonchev–Trinajstić information content (AvgIpc) is 2.82. The van der Waals surface area contributed by atoms with Crippen LogP contribution in [-0.2, 0) is 0 Å². The summed E-state index contributed by atoms with van der Waals surface area (Å²) in [5.74, 6) is 0.453. The predicted molar refractivity (Wildman–Crippen MR) is 78.1 cm³/mol. The summed E-state index contributed by atoms with van der Waals surface area (Å²) in [7, 11) is 0. The van der Waals surface area contributed by atoms with Crippen LogP contribution in [0.1, 0.15) is 17.6 Å². The van der Waals surface area contributed by atoms with E-state index in [1.54, 1.807) is 6.20 Å². The van der Waals surface area contributed by atoms with E-state index in [4.69, 9.17) is 10.8 Å². The second kappa shape index (κ2) is 5.03. The Bertz CT molecular complexity index is 750. The lowest BCUT2D eigenvalue weighted by molar-refractivity contribution is 0.263. The van der Waals surface area contributed by atoms with Gasteiger partial charge in [0.15, 0.2) is 0 Å². The molecule has 0 aliphatic heterocycles. The van der Waals surface area contributed by atoms with Crippen molar-refractivity contribution in [3.8, 4) is 11.3 Å². The van der Waals surface area contributed by atoms with Gasteiger partial charge in [0.25, 0.3) is 0 Å². The number of nitrogens with zero attached hydrogens (tertiary/aromatic N) is 2. The maximum Gasteiger partial charge on any atom is 0.147 e. The fraction of sp³-hybridized carbons (Fsp3) is 0.200. The second-order valence-electron chi connectivity index (χ2n) is 4.76. The van der Waals surface area contributed by atoms with Crippen LogP contribution in [0.25, 0.3) is 22.2 Å². The van der Waals surface area contributed by atoms with Gasteiger partial charge in [0.05, 0.1) is 18.3 Å². The normalized spacial score (nSPS) is 12.8. The molecule has 1 unspecified atom stereocenters. The highest BCUT2D eigenvalue weighted by Gasteiger charge is 2.14. The van der Waals surface area contributed by atoms with Crippen LogP contribution in [0.2, 0.25) is 0 Å². The summed E-state index contributed by atoms with van der Waals surface area (Å²) in [4.78, 5) is 12.0. The minimum Gasteiger partial charge on any atom is -0.394 e. The summed E-state index contributed by atoms with van der Waals surface area (Å²) in [6, 6.07) is 9.39. The van der Waals surface area contributed by atoms with Gasteiger partial charge in [-0.05, 0) is 19.1 Å². The van der Waals surface area contributed by atoms with Gasteiger partial charge in [0.2, 0.25) is 0 Å². The van der Waals surface area contributed by atoms with Gasteiger partial charge in [-0.1, -0.05) is 18.2 Å². The van der Waals surface area contributed by atoms with E-state index in [2.05, 4.69) is 21.0 Å². The maximum atomic E-state index is 9.12. The number of aromatic nitrogens is 3. The number of rotatable bonds is 3. The van der Waals surface area contributed by atoms with Gasteiger partial charge in [0, 0.05) is 28.4 Å². The van der Waals surface area contributed by atoms with Crippen LogP contribution in [0.3, 0.4) is 0 Å². The zero-order chi connectivity index (χ0) is 14.1. The van der Waals surface area contributed by atoms with Gasteiger partial charge in [0.1, 0.15) is 5.82 Å². The van der Waals surface area contributed by atoms with Crippen LogP contribution in [-0.4, -0.2) is 26.7 Å². The van der Waals surface area contributed by atoms with Gasteiger partial charge in [-0.15, -0.1) is 0 Å². The molecule has 0 radical (unpaired) electrons. The molecule has 0 aliphatic carbocycles. The van der Waals surface area contributed by atoms with Crippen molar-refractivity contribution in [2.24, 2.45) is 5.73 Å². The zero-order valence-electron chi connectivity index (χ0n) is 11.2. The van der Waals surface area contributed by atoms with Gasteiger partial charge in [-0.2, -0.15) is 0 Å². The molecule has 2 heterocycles. The van der Waals surface area contributed by atoms with Crippen LogP contribution < -0.4 is 5.73 Å². The lowest BCUT2D eigenvalue weighted by Gasteiger charge is -2.08. The highest BCUT2D eigenvalue weighted by Crippen LogP contribution is 2.30. The van der Waals surface area contributed by atoms with E-state index >= 15 is 0 Å². The van der Waals surface area contributed by atoms with Crippen LogP contribution in [0.4, 0.5) is 0 Å². The van der Waals surface area contributed by atoms with Crippen LogP contribution in [0, 0.1) is 6.92 Å². The molecule has 0 bridgehead atoms. The minimum absolute atomic E-state index is 0.170. The summed E-state index contributed by atoms with van der Waals surface area (Å²) >= 11 is 0. The van der Waals surface area contributed by atoms with Gasteiger partial charge in [-0.25, -0.2) is 9.97 Å². The lowest BCUT2D eigenvalue weighted by Crippen LogP contribution is -2.17. The summed E-state index contributed by atoms with van der Waals surface area (Å²) < 4.78 is 0. The molecule has 0 amide bonds. The third-order valence-corrected chi connectivity index (χ3v) is 3.35. The Hall–Kier alpha value is -2.24. The number of aryl methyl sites for hydroxylation is 1. The fourth-order valence-corrected chi connectivity index (χ4v) is 2.38. The minimum atomic E-state index is -0.555. The number of aromatic amines is 1. The number of nitrogens with one attached hydrogen (secondary N) is 1. The van der Waals surface area contributed by atoms with Gasteiger partial charge >= 0.3 is 0 Å². The smallest absolute Gasteiger partial charge is 0.147 e. The first kappa shape index (κ1) is 12.8. The van der Waals surface area contributed by atoms with Gasteiger partial charge < -0.3 is 15.8 Å². The van der Waals surface area contributed by atoms with Crippen molar-refractivity contribution in [3.05, 3.63) is 48.0 Å². The molecular formula is C15H16N4O. The number of hydrogen-bond acceptors (Lipinski definition) is 4. The largest absolute Gasteiger partial charge is 0.394 e. The summed E-state index contributed by atoms with van der Waals surface area (Å²) in [6.07, 6.45) is 1.67. The van der Waals surface area contributed by atoms with Crippen molar-refractivity contribution in [1.82, 2.24) is 15.0 Å². The highest BCUT2D eigenvalue weighted by molar-refractivity contribution is 5.96. The molecule has 3 aromatic rings. The topological polar surface area (TPSA) is 87.8 Å². The molecule has 0 fully saturated rings. The first-order chi connectivity index (χ1) is 9.70. The number of aliphatic hydroxyl groups is 1. The first-order valence-electron chi connectivity index (χ1n) is 6.47. The zero-order valence-corrected chi connectivity index (χ0v) is 11.2. The molecule has 2 aromatic heterocycles. The molecule has 20 heavy (non-hydrogen) atoms. The average molecular weight is 268 g/mol. The molecule has 0 aliphatic rings. The van der Waals surface area contributed by atoms with Crippen LogP contribution in [0.5, 0.6) is 0 Å². The van der Waals surface area contributed by atoms with E-state index in [1.807, 2.05) is 31.2 Å². The van der Waals surface area contributed by atoms with Gasteiger partial charge in [-0.3, -0.25) is 0 Å². The Labute approximate surface area is 116 Å². The van der Waals surface area contributed by atoms with E-state index in [1.165, 1.54) is 0 Å². The molecule has 5 heteroatoms. The first-order valence-corrected chi connectivity index (χ1v) is 6.47. The Kier molecular flexibility index (Phi) is 3.22. The van der Waals surface area contributed by atoms with E-state index in [9.17, 15) is 0 Å². The quantitative estimate of drug-likeness (QED) is 0.677. The molecule has 1 atom stereocenters. The molecule has 3 rings (SSSR count). The van der Waals surface area contributed by atoms with Crippen molar-refractivity contribution in [1.29, 1.82) is 0 Å². The number of aliphatic hydroxyl groups excluding tert-OH is 1. The maximum absolute atomic E-state index is 9.12. The summed E-state index contributed by atoms with van der Waals surface area (Å²) in [5.41, 5.74) is 9.77. The SMILES string of the molecule is Cc1[nH]c2ccccc2c1-c1ccnc(C(N)CO)n1. The summed E-state index contributed by atoms with van der Waals surface area (Å²) in [5, 5.41) is 10.2. The third kappa shape index (κ3) is 2.07. The Balaban J connectivity index is 2.18. The number of nitrogens with two attached hydrogens (primary N) is 1. The Morgan fingerprint density at radius 2 is 2.10 bits per heavy atom. The van der Waals surface area contributed by atoms with Crippen molar-refractivity contribution < 1.29 is 5.11 Å². The number of benzene rings is 1. The van der Waals surface area contributed by atoms with E-state index < -0.39 is 6.04 Å². The highest BCUT2D eigenvalue weighted by atomic mass is 16.3. The molecule has 4 N–H and O–H groups in total. The van der Waals surface area contributed by atoms with E-state index in [0.717, 1.165) is 27.9 Å². The van der Waals surface area contributed by atoms with Crippen molar-refractivity contribution in [2.75, 3.05) is 6.61 Å². The summed E-state index contributed by atoms with van der Waals surface area (Å²) in [6.45, 7) is 1.85. The van der Waals surface area contributed by atoms with Crippen molar-refractivity contribution >= 4 is 10.9 Å². The molecule has 1 aromatic carbocycles. The number of H-pyrrole nitrogens is 1. The molecular weight excluding hydrogens is 252 g/mol. The standard InChI is InChI=1S/C15H16N4O/c1-9-14(10-4-2-3-5-12(10)18-9)13-6-7-17-15(19-13)11(16)8-20/h2-7,11,18,20H,8,16H2,1H3. The molecule has 0 saturated heterocycles. The van der Waals surface area contributed by atoms with Crippen LogP contribution >= 0.6 is 0 Å². The lowest BCUT2D eigenvalue weighted by atomic mass is 10.1. The fourth-order valence-electron chi connectivity index (χ4n) is 2.38. The van der Waals surface area contributed by atoms with Crippen molar-refractivity contribution in [2.45, 2.75) is 13.0 Å².